The first-order chi connectivity index (χ1) is 9.84. The number of hydrogen-bond donors (Lipinski definition) is 2. The lowest BCUT2D eigenvalue weighted by atomic mass is 10.3. The van der Waals surface area contributed by atoms with E-state index >= 15 is 0 Å². The van der Waals surface area contributed by atoms with Crippen LogP contribution in [0, 0.1) is 0 Å². The van der Waals surface area contributed by atoms with Crippen molar-refractivity contribution in [1.29, 1.82) is 0 Å². The summed E-state index contributed by atoms with van der Waals surface area (Å²) in [5.41, 5.74) is 2.99. The summed E-state index contributed by atoms with van der Waals surface area (Å²) in [6, 6.07) is 18.1. The third-order valence-electron chi connectivity index (χ3n) is 2.39. The zero-order chi connectivity index (χ0) is 14.0. The van der Waals surface area contributed by atoms with Crippen molar-refractivity contribution in [3.63, 3.8) is 0 Å². The number of anilines is 1. The van der Waals surface area contributed by atoms with Crippen LogP contribution < -0.4 is 15.5 Å². The van der Waals surface area contributed by atoms with Gasteiger partial charge < -0.3 is 10.1 Å². The highest BCUT2D eigenvalue weighted by molar-refractivity contribution is 5.88. The molecule has 2 aromatic rings. The molecule has 0 saturated heterocycles. The Hall–Kier alpha value is -2.53. The first kappa shape index (κ1) is 13.9. The summed E-state index contributed by atoms with van der Waals surface area (Å²) in [5, 5.41) is 2.63. The minimum Gasteiger partial charge on any atom is -0.491 e. The van der Waals surface area contributed by atoms with Crippen molar-refractivity contribution in [2.45, 2.75) is 0 Å². The van der Waals surface area contributed by atoms with E-state index in [1.807, 2.05) is 48.5 Å². The quantitative estimate of drug-likeness (QED) is 0.628. The molecule has 2 aromatic carbocycles. The van der Waals surface area contributed by atoms with Crippen LogP contribution >= 0.6 is 0 Å². The second-order valence-electron chi connectivity index (χ2n) is 3.93. The number of hydroxylamine groups is 1. The number of urea groups is 1. The molecule has 2 N–H and O–H groups in total. The fourth-order valence-electron chi connectivity index (χ4n) is 1.51. The lowest BCUT2D eigenvalue weighted by molar-refractivity contribution is 0.0452. The van der Waals surface area contributed by atoms with Gasteiger partial charge in [0, 0.05) is 5.69 Å². The van der Waals surface area contributed by atoms with Crippen LogP contribution in [-0.4, -0.2) is 19.2 Å². The van der Waals surface area contributed by atoms with Crippen LogP contribution in [0.5, 0.6) is 5.75 Å². The monoisotopic (exact) mass is 272 g/mol. The molecule has 0 radical (unpaired) electrons. The van der Waals surface area contributed by atoms with Gasteiger partial charge in [0.2, 0.25) is 0 Å². The van der Waals surface area contributed by atoms with Gasteiger partial charge in [-0.2, -0.15) is 0 Å². The Balaban J connectivity index is 1.58. The number of carbonyl (C=O) groups excluding carboxylic acids is 1. The summed E-state index contributed by atoms with van der Waals surface area (Å²) in [4.78, 5) is 16.5. The maximum Gasteiger partial charge on any atom is 0.343 e. The van der Waals surface area contributed by atoms with Crippen molar-refractivity contribution in [3.8, 4) is 5.75 Å². The number of carbonyl (C=O) groups is 1. The highest BCUT2D eigenvalue weighted by Crippen LogP contribution is 2.07. The van der Waals surface area contributed by atoms with E-state index in [9.17, 15) is 4.79 Å². The zero-order valence-corrected chi connectivity index (χ0v) is 10.9. The molecule has 0 aromatic heterocycles. The molecule has 2 amide bonds. The standard InChI is InChI=1S/C15H16N2O3/c18-15(16-13-7-3-1-4-8-13)17-20-12-11-19-14-9-5-2-6-10-14/h1-10H,11-12H2,(H2,16,17,18). The fourth-order valence-corrected chi connectivity index (χ4v) is 1.51. The molecule has 0 atom stereocenters. The highest BCUT2D eigenvalue weighted by Gasteiger charge is 2.00. The van der Waals surface area contributed by atoms with Crippen molar-refractivity contribution in [2.24, 2.45) is 0 Å². The van der Waals surface area contributed by atoms with Crippen LogP contribution in [-0.2, 0) is 4.84 Å². The van der Waals surface area contributed by atoms with E-state index in [1.165, 1.54) is 0 Å². The summed E-state index contributed by atoms with van der Waals surface area (Å²) in [6.07, 6.45) is 0. The lowest BCUT2D eigenvalue weighted by Crippen LogP contribution is -2.30. The predicted molar refractivity (Wildman–Crippen MR) is 76.5 cm³/mol. The summed E-state index contributed by atoms with van der Waals surface area (Å²) >= 11 is 0. The molecular formula is C15H16N2O3. The van der Waals surface area contributed by atoms with Gasteiger partial charge in [-0.25, -0.2) is 10.3 Å². The molecule has 104 valence electrons. The van der Waals surface area contributed by atoms with Crippen LogP contribution in [0.3, 0.4) is 0 Å². The molecule has 0 unspecified atom stereocenters. The van der Waals surface area contributed by atoms with Gasteiger partial charge in [-0.3, -0.25) is 4.84 Å². The molecule has 0 aliphatic carbocycles. The second kappa shape index (κ2) is 7.81. The van der Waals surface area contributed by atoms with Crippen LogP contribution in [0.15, 0.2) is 60.7 Å². The Morgan fingerprint density at radius 3 is 2.25 bits per heavy atom. The number of hydrogen-bond acceptors (Lipinski definition) is 3. The Kier molecular flexibility index (Phi) is 5.42. The number of nitrogens with one attached hydrogen (secondary N) is 2. The largest absolute Gasteiger partial charge is 0.491 e. The van der Waals surface area contributed by atoms with Crippen molar-refractivity contribution in [3.05, 3.63) is 60.7 Å². The van der Waals surface area contributed by atoms with E-state index in [4.69, 9.17) is 9.57 Å². The van der Waals surface area contributed by atoms with Crippen LogP contribution in [0.2, 0.25) is 0 Å². The number of amides is 2. The summed E-state index contributed by atoms with van der Waals surface area (Å²) in [7, 11) is 0. The van der Waals surface area contributed by atoms with Gasteiger partial charge in [-0.05, 0) is 24.3 Å². The molecule has 0 spiro atoms. The van der Waals surface area contributed by atoms with E-state index < -0.39 is 6.03 Å². The van der Waals surface area contributed by atoms with Gasteiger partial charge in [0.1, 0.15) is 19.0 Å². The van der Waals surface area contributed by atoms with Gasteiger partial charge in [-0.15, -0.1) is 0 Å². The minimum atomic E-state index is -0.420. The second-order valence-corrected chi connectivity index (χ2v) is 3.93. The smallest absolute Gasteiger partial charge is 0.343 e. The third-order valence-corrected chi connectivity index (χ3v) is 2.39. The lowest BCUT2D eigenvalue weighted by Gasteiger charge is -2.08. The number of benzene rings is 2. The fraction of sp³-hybridized carbons (Fsp3) is 0.133. The van der Waals surface area contributed by atoms with E-state index in [0.717, 1.165) is 5.75 Å². The number of rotatable bonds is 6. The normalized spacial score (nSPS) is 9.80. The first-order valence-electron chi connectivity index (χ1n) is 6.26. The average molecular weight is 272 g/mol. The summed E-state index contributed by atoms with van der Waals surface area (Å²) < 4.78 is 5.41. The molecule has 0 aliphatic heterocycles. The molecule has 0 aliphatic rings. The molecule has 20 heavy (non-hydrogen) atoms. The van der Waals surface area contributed by atoms with E-state index in [-0.39, 0.29) is 6.61 Å². The van der Waals surface area contributed by atoms with Crippen molar-refractivity contribution >= 4 is 11.7 Å². The molecule has 2 rings (SSSR count). The zero-order valence-electron chi connectivity index (χ0n) is 10.9. The molecule has 5 nitrogen and oxygen atoms in total. The summed E-state index contributed by atoms with van der Waals surface area (Å²) in [6.45, 7) is 0.618. The van der Waals surface area contributed by atoms with Crippen LogP contribution in [0.4, 0.5) is 10.5 Å². The molecular weight excluding hydrogens is 256 g/mol. The average Bonchev–Trinajstić information content (AvgIpc) is 2.49. The highest BCUT2D eigenvalue weighted by atomic mass is 16.7. The number of para-hydroxylation sites is 2. The van der Waals surface area contributed by atoms with E-state index in [0.29, 0.717) is 12.3 Å². The van der Waals surface area contributed by atoms with E-state index in [2.05, 4.69) is 10.8 Å². The van der Waals surface area contributed by atoms with Gasteiger partial charge in [0.25, 0.3) is 0 Å². The molecule has 0 saturated carbocycles. The molecule has 5 heteroatoms. The molecule has 0 bridgehead atoms. The Bertz CT molecular complexity index is 517. The van der Waals surface area contributed by atoms with Crippen LogP contribution in [0.25, 0.3) is 0 Å². The molecule has 0 fully saturated rings. The third kappa shape index (κ3) is 4.99. The first-order valence-corrected chi connectivity index (χ1v) is 6.26. The summed E-state index contributed by atoms with van der Waals surface area (Å²) in [5.74, 6) is 0.768. The Morgan fingerprint density at radius 2 is 1.55 bits per heavy atom. The number of ether oxygens (including phenoxy) is 1. The maximum absolute atomic E-state index is 11.5. The van der Waals surface area contributed by atoms with Crippen molar-refractivity contribution < 1.29 is 14.4 Å². The Labute approximate surface area is 117 Å². The van der Waals surface area contributed by atoms with Crippen molar-refractivity contribution in [1.82, 2.24) is 5.48 Å². The predicted octanol–water partition coefficient (Wildman–Crippen LogP) is 2.82. The topological polar surface area (TPSA) is 59.6 Å². The van der Waals surface area contributed by atoms with Gasteiger partial charge in [-0.1, -0.05) is 36.4 Å². The van der Waals surface area contributed by atoms with Gasteiger partial charge in [0.05, 0.1) is 0 Å². The maximum atomic E-state index is 11.5. The van der Waals surface area contributed by atoms with Crippen LogP contribution in [0.1, 0.15) is 0 Å². The SMILES string of the molecule is O=C(NOCCOc1ccccc1)Nc1ccccc1. The molecule has 0 heterocycles. The van der Waals surface area contributed by atoms with Gasteiger partial charge in [0.15, 0.2) is 0 Å². The van der Waals surface area contributed by atoms with E-state index in [1.54, 1.807) is 12.1 Å². The minimum absolute atomic E-state index is 0.261. The Morgan fingerprint density at radius 1 is 0.900 bits per heavy atom. The van der Waals surface area contributed by atoms with Gasteiger partial charge >= 0.3 is 6.03 Å². The van der Waals surface area contributed by atoms with Crippen molar-refractivity contribution in [2.75, 3.05) is 18.5 Å².